The van der Waals surface area contributed by atoms with E-state index in [1.807, 2.05) is 13.8 Å². The second-order valence-corrected chi connectivity index (χ2v) is 13.3. The van der Waals surface area contributed by atoms with Gasteiger partial charge in [-0.3, -0.25) is 38.5 Å². The first-order valence-electron chi connectivity index (χ1n) is 17.2. The second-order valence-electron chi connectivity index (χ2n) is 13.3. The van der Waals surface area contributed by atoms with Gasteiger partial charge in [-0.1, -0.05) is 34.1 Å². The molecule has 1 heterocycles. The predicted octanol–water partition coefficient (Wildman–Crippen LogP) is -3.29. The summed E-state index contributed by atoms with van der Waals surface area (Å²) >= 11 is 0. The van der Waals surface area contributed by atoms with Crippen LogP contribution >= 0.6 is 0 Å². The lowest BCUT2D eigenvalue weighted by molar-refractivity contribution is -0.137. The topological polar surface area (TPSA) is 284 Å². The molecule has 7 amide bonds. The van der Waals surface area contributed by atoms with E-state index >= 15 is 0 Å². The number of amides is 7. The lowest BCUT2D eigenvalue weighted by atomic mass is 10.0. The zero-order chi connectivity index (χ0) is 38.8. The van der Waals surface area contributed by atoms with Crippen molar-refractivity contribution in [3.8, 4) is 0 Å². The van der Waals surface area contributed by atoms with Gasteiger partial charge in [0.1, 0.15) is 36.4 Å². The molecule has 0 fully saturated rings. The molecule has 1 aliphatic heterocycles. The number of hydrogen-bond donors (Lipinski definition) is 10. The average molecular weight is 729 g/mol. The van der Waals surface area contributed by atoms with Gasteiger partial charge in [0.05, 0.1) is 12.7 Å². The number of nitrogens with one attached hydrogen (secondary N) is 5. The smallest absolute Gasteiger partial charge is 0.253 e. The van der Waals surface area contributed by atoms with Crippen molar-refractivity contribution in [1.82, 2.24) is 31.5 Å². The zero-order valence-electron chi connectivity index (χ0n) is 30.0. The highest BCUT2D eigenvalue weighted by molar-refractivity contribution is 6.12. The fourth-order valence-corrected chi connectivity index (χ4v) is 4.80. The summed E-state index contributed by atoms with van der Waals surface area (Å²) in [5.74, 6) is -4.14. The van der Waals surface area contributed by atoms with Crippen LogP contribution in [0.3, 0.4) is 0 Å². The largest absolute Gasteiger partial charge is 0.394 e. The maximum atomic E-state index is 13.5. The maximum absolute atomic E-state index is 13.5. The van der Waals surface area contributed by atoms with Gasteiger partial charge in [-0.25, -0.2) is 0 Å². The van der Waals surface area contributed by atoms with Crippen molar-refractivity contribution >= 4 is 41.4 Å². The van der Waals surface area contributed by atoms with Gasteiger partial charge in [0.15, 0.2) is 0 Å². The molecule has 0 radical (unpaired) electrons. The van der Waals surface area contributed by atoms with Crippen LogP contribution in [0.25, 0.3) is 0 Å². The van der Waals surface area contributed by atoms with Crippen LogP contribution in [0.4, 0.5) is 0 Å². The lowest BCUT2D eigenvalue weighted by Crippen LogP contribution is -2.58. The number of hydrogen-bond acceptors (Lipinski definition) is 12. The minimum Gasteiger partial charge on any atom is -0.394 e. The minimum absolute atomic E-state index is 0.0285. The summed E-state index contributed by atoms with van der Waals surface area (Å²) < 4.78 is 0. The van der Waals surface area contributed by atoms with Gasteiger partial charge in [-0.15, -0.1) is 0 Å². The predicted molar refractivity (Wildman–Crippen MR) is 182 cm³/mol. The molecular formula is C33H56N6O12. The Morgan fingerprint density at radius 2 is 1.29 bits per heavy atom. The van der Waals surface area contributed by atoms with Crippen LogP contribution in [-0.2, 0) is 33.6 Å². The number of nitrogens with zero attached hydrogens (tertiary/aromatic N) is 1. The molecule has 10 N–H and O–H groups in total. The molecule has 51 heavy (non-hydrogen) atoms. The van der Waals surface area contributed by atoms with E-state index in [-0.39, 0.29) is 31.7 Å². The Labute approximate surface area is 297 Å². The first kappa shape index (κ1) is 45.1. The van der Waals surface area contributed by atoms with Crippen molar-refractivity contribution in [3.63, 3.8) is 0 Å². The van der Waals surface area contributed by atoms with Crippen LogP contribution in [0.15, 0.2) is 12.2 Å². The van der Waals surface area contributed by atoms with E-state index in [4.69, 9.17) is 5.11 Å². The number of imide groups is 1. The average Bonchev–Trinajstić information content (AvgIpc) is 3.40. The zero-order valence-corrected chi connectivity index (χ0v) is 30.0. The minimum atomic E-state index is -1.90. The van der Waals surface area contributed by atoms with Crippen molar-refractivity contribution in [2.45, 2.75) is 116 Å². The molecule has 0 spiro atoms. The Hall–Kier alpha value is -3.97. The van der Waals surface area contributed by atoms with Gasteiger partial charge in [0.2, 0.25) is 29.5 Å². The van der Waals surface area contributed by atoms with E-state index in [1.54, 1.807) is 13.8 Å². The van der Waals surface area contributed by atoms with Gasteiger partial charge in [-0.05, 0) is 38.0 Å². The molecule has 1 aliphatic rings. The number of aliphatic hydroxyl groups excluding tert-OH is 5. The Morgan fingerprint density at radius 3 is 1.86 bits per heavy atom. The molecular weight excluding hydrogens is 672 g/mol. The third-order valence-corrected chi connectivity index (χ3v) is 8.02. The summed E-state index contributed by atoms with van der Waals surface area (Å²) in [4.78, 5) is 89.0. The van der Waals surface area contributed by atoms with Crippen molar-refractivity contribution in [2.75, 3.05) is 26.2 Å². The fourth-order valence-electron chi connectivity index (χ4n) is 4.80. The highest BCUT2D eigenvalue weighted by Crippen LogP contribution is 2.10. The molecule has 0 saturated carbocycles. The maximum Gasteiger partial charge on any atom is 0.253 e. The second kappa shape index (κ2) is 22.8. The number of unbranched alkanes of at least 4 members (excludes halogenated alkanes) is 2. The highest BCUT2D eigenvalue weighted by atomic mass is 16.4. The Kier molecular flexibility index (Phi) is 20.1. The first-order valence-corrected chi connectivity index (χ1v) is 17.2. The number of carbonyl (C=O) groups is 7. The van der Waals surface area contributed by atoms with E-state index in [9.17, 15) is 54.0 Å². The molecule has 290 valence electrons. The number of carbonyl (C=O) groups excluding carboxylic acids is 7. The molecule has 0 bridgehead atoms. The van der Waals surface area contributed by atoms with E-state index in [1.165, 1.54) is 19.1 Å². The van der Waals surface area contributed by atoms with Crippen LogP contribution < -0.4 is 26.6 Å². The summed E-state index contributed by atoms with van der Waals surface area (Å²) in [5.41, 5.74) is 0. The molecule has 18 nitrogen and oxygen atoms in total. The van der Waals surface area contributed by atoms with Gasteiger partial charge in [0, 0.05) is 44.6 Å². The normalized spacial score (nSPS) is 17.0. The summed E-state index contributed by atoms with van der Waals surface area (Å²) in [5, 5.41) is 61.0. The van der Waals surface area contributed by atoms with Crippen LogP contribution in [0.5, 0.6) is 0 Å². The van der Waals surface area contributed by atoms with Gasteiger partial charge >= 0.3 is 0 Å². The third kappa shape index (κ3) is 16.3. The van der Waals surface area contributed by atoms with Crippen molar-refractivity contribution in [3.05, 3.63) is 12.2 Å². The molecule has 0 aliphatic carbocycles. The fraction of sp³-hybridized carbons (Fsp3) is 0.727. The molecule has 0 unspecified atom stereocenters. The standard InChI is InChI=1S/C33H56N6O12/c1-18(2)15-35-31(49)20(5)36-33(51)28(19(3)4)38-32(50)21(10-11-24(43)34-16-22(41)29(47)30(48)23(42)17-40)37-25(44)9-7-6-8-14-39-26(45)12-13-27(39)46/h12-13,18-23,28-30,40-42,47-48H,6-11,14-17H2,1-5H3,(H,34,43)(H,35,49)(H,36,51)(H,37,44)(H,38,50)/t20-,21-,22-,23+,28-,29+,30+/m0/s1. The summed E-state index contributed by atoms with van der Waals surface area (Å²) in [7, 11) is 0. The number of aliphatic hydroxyl groups is 5. The van der Waals surface area contributed by atoms with Gasteiger partial charge in [0.25, 0.3) is 11.8 Å². The first-order chi connectivity index (χ1) is 23.9. The van der Waals surface area contributed by atoms with E-state index in [2.05, 4.69) is 26.6 Å². The van der Waals surface area contributed by atoms with Crippen LogP contribution in [0, 0.1) is 11.8 Å². The Balaban J connectivity index is 2.89. The Bertz CT molecular complexity index is 1210. The molecule has 0 aromatic rings. The molecule has 7 atom stereocenters. The van der Waals surface area contributed by atoms with Crippen molar-refractivity contribution in [1.29, 1.82) is 0 Å². The molecule has 1 rings (SSSR count). The van der Waals surface area contributed by atoms with Crippen molar-refractivity contribution in [2.24, 2.45) is 11.8 Å². The summed E-state index contributed by atoms with van der Waals surface area (Å²) in [6, 6.07) is -3.32. The monoisotopic (exact) mass is 728 g/mol. The quantitative estimate of drug-likeness (QED) is 0.0346. The molecule has 18 heteroatoms. The van der Waals surface area contributed by atoms with E-state index in [0.717, 1.165) is 4.90 Å². The van der Waals surface area contributed by atoms with E-state index < -0.39 is 103 Å². The molecule has 0 aromatic heterocycles. The van der Waals surface area contributed by atoms with Crippen LogP contribution in [-0.4, -0.2) is 141 Å². The third-order valence-electron chi connectivity index (χ3n) is 8.02. The Morgan fingerprint density at radius 1 is 0.686 bits per heavy atom. The van der Waals surface area contributed by atoms with Crippen LogP contribution in [0.2, 0.25) is 0 Å². The van der Waals surface area contributed by atoms with Gasteiger partial charge in [-0.2, -0.15) is 0 Å². The van der Waals surface area contributed by atoms with Gasteiger partial charge < -0.3 is 52.1 Å². The number of rotatable bonds is 24. The van der Waals surface area contributed by atoms with Crippen molar-refractivity contribution < 1.29 is 59.1 Å². The summed E-state index contributed by atoms with van der Waals surface area (Å²) in [6.07, 6.45) is -4.23. The SMILES string of the molecule is CC(C)CNC(=O)[C@H](C)NC(=O)[C@@H](NC(=O)[C@H](CCC(=O)NC[C@H](O)[C@@H](O)[C@H](O)[C@H](O)CO)NC(=O)CCCCCN1C(=O)C=CC1=O)C(C)C. The highest BCUT2D eigenvalue weighted by Gasteiger charge is 2.32. The molecule has 0 saturated heterocycles. The van der Waals surface area contributed by atoms with Crippen LogP contribution in [0.1, 0.15) is 73.1 Å². The van der Waals surface area contributed by atoms with E-state index in [0.29, 0.717) is 25.8 Å². The summed E-state index contributed by atoms with van der Waals surface area (Å²) in [6.45, 7) is 7.83. The lowest BCUT2D eigenvalue weighted by Gasteiger charge is -2.27. The molecule has 0 aromatic carbocycles.